The maximum atomic E-state index is 10.2. The van der Waals surface area contributed by atoms with Crippen molar-refractivity contribution >= 4 is 117 Å². The number of rotatable bonds is 12. The van der Waals surface area contributed by atoms with E-state index in [-0.39, 0.29) is 57.3 Å². The first-order valence-electron chi connectivity index (χ1n) is 48.4. The Hall–Kier alpha value is -15.6. The first-order chi connectivity index (χ1) is 66.1. The van der Waals surface area contributed by atoms with Crippen molar-refractivity contribution in [2.75, 3.05) is 9.80 Å². The first-order valence-corrected chi connectivity index (χ1v) is 44.4. The molecule has 4 nitrogen and oxygen atoms in total. The lowest BCUT2D eigenvalue weighted by atomic mass is 9.33. The molecule has 0 radical (unpaired) electrons. The molecule has 3 aliphatic rings. The van der Waals surface area contributed by atoms with Crippen molar-refractivity contribution in [3.05, 3.63) is 452 Å². The Morgan fingerprint density at radius 1 is 0.266 bits per heavy atom. The molecule has 0 spiro atoms. The number of anilines is 6. The zero-order chi connectivity index (χ0) is 92.3. The van der Waals surface area contributed by atoms with Gasteiger partial charge < -0.3 is 18.8 Å². The number of aromatic nitrogens is 2. The van der Waals surface area contributed by atoms with E-state index in [0.717, 1.165) is 189 Å². The molecule has 128 heavy (non-hydrogen) atoms. The van der Waals surface area contributed by atoms with Crippen LogP contribution in [0.25, 0.3) is 166 Å². The molecule has 0 atom stereocenters. The molecule has 5 heteroatoms. The van der Waals surface area contributed by atoms with Crippen LogP contribution >= 0.6 is 0 Å². The Morgan fingerprint density at radius 2 is 0.625 bits per heavy atom. The fraction of sp³-hybridized carbons (Fsp3) is 0.0732. The van der Waals surface area contributed by atoms with E-state index in [4.69, 9.17) is 0 Å². The van der Waals surface area contributed by atoms with Gasteiger partial charge in [0, 0.05) is 88.9 Å². The Bertz CT molecular complexity index is 8570. The molecule has 604 valence electrons. The zero-order valence-electron chi connectivity index (χ0n) is 79.7. The molecule has 25 rings (SSSR count). The van der Waals surface area contributed by atoms with E-state index in [1.165, 1.54) is 27.4 Å². The third-order valence-corrected chi connectivity index (χ3v) is 27.4. The molecule has 0 fully saturated rings. The van der Waals surface area contributed by atoms with Crippen LogP contribution in [-0.4, -0.2) is 15.7 Å². The van der Waals surface area contributed by atoms with Crippen molar-refractivity contribution in [2.45, 2.75) is 58.3 Å². The first kappa shape index (κ1) is 66.9. The van der Waals surface area contributed by atoms with Crippen LogP contribution in [-0.2, 0) is 10.8 Å². The molecular weight excluding hydrogens is 1540 g/mol. The number of fused-ring (bicyclic) bond motifs is 16. The lowest BCUT2D eigenvalue weighted by molar-refractivity contribution is 0.590. The quantitative estimate of drug-likeness (QED) is 0.113. The smallest absolute Gasteiger partial charge is 0.252 e. The van der Waals surface area contributed by atoms with E-state index < -0.39 is 36.8 Å². The molecule has 0 unspecified atom stereocenters. The minimum absolute atomic E-state index is 0.0667. The van der Waals surface area contributed by atoms with Crippen molar-refractivity contribution in [3.8, 4) is 106 Å². The van der Waals surface area contributed by atoms with Gasteiger partial charge in [0.2, 0.25) is 0 Å². The fourth-order valence-electron chi connectivity index (χ4n) is 21.3. The highest BCUT2D eigenvalue weighted by molar-refractivity contribution is 7.00. The third kappa shape index (κ3) is 11.8. The SMILES string of the molecule is [2H]c1c([2H])c([2H])c2c(c1[2H])-c1c([2H])c([2H])c([2H])c([2H])c1C2c1ccc2c(c1)N(c1c(-c3ccccc3)cc(-c3ccc(C(C)(C)C)cc3)cc1-c1ccccc1)c1cc(-c3ccc4c(c3)c3cccc5c6ccccc6n4c53)cc3c1B2c1ccc(-c2ccc4c(c2)c2ccccc2n4-c2ccccc2)cc1N3c1c(-c2ccccc2)cc(-c2ccc(C(C)(C)C)cc2)cc1-c1ccccc1. The maximum absolute atomic E-state index is 10.2. The summed E-state index contributed by atoms with van der Waals surface area (Å²) in [5, 5.41) is 6.89. The Morgan fingerprint density at radius 3 is 1.13 bits per heavy atom. The summed E-state index contributed by atoms with van der Waals surface area (Å²) >= 11 is 0. The van der Waals surface area contributed by atoms with Gasteiger partial charge in [0.05, 0.1) is 49.9 Å². The highest BCUT2D eigenvalue weighted by Crippen LogP contribution is 2.58. The van der Waals surface area contributed by atoms with Gasteiger partial charge in [-0.05, 0) is 230 Å². The van der Waals surface area contributed by atoms with Crippen LogP contribution in [0.2, 0.25) is 0 Å². The summed E-state index contributed by atoms with van der Waals surface area (Å²) < 4.78 is 82.5. The highest BCUT2D eigenvalue weighted by Gasteiger charge is 2.47. The summed E-state index contributed by atoms with van der Waals surface area (Å²) in [6, 6.07) is 135. The average Bonchev–Trinajstić information content (AvgIpc) is 1.39. The van der Waals surface area contributed by atoms with E-state index in [9.17, 15) is 11.0 Å². The van der Waals surface area contributed by atoms with E-state index >= 15 is 0 Å². The molecule has 3 aromatic heterocycles. The molecular formula is C123H89BN4. The number of hydrogen-bond acceptors (Lipinski definition) is 2. The molecule has 0 saturated carbocycles. The average molecular weight is 1640 g/mol. The van der Waals surface area contributed by atoms with Crippen molar-refractivity contribution in [2.24, 2.45) is 0 Å². The largest absolute Gasteiger partial charge is 0.310 e. The number of para-hydroxylation sites is 4. The van der Waals surface area contributed by atoms with Crippen LogP contribution in [0.1, 0.15) is 86.2 Å². The summed E-state index contributed by atoms with van der Waals surface area (Å²) in [5.74, 6) is -1.13. The molecule has 0 bridgehead atoms. The molecule has 1 aliphatic carbocycles. The van der Waals surface area contributed by atoms with Gasteiger partial charge in [-0.2, -0.15) is 0 Å². The molecule has 0 N–H and O–H groups in total. The second-order valence-corrected chi connectivity index (χ2v) is 36.8. The van der Waals surface area contributed by atoms with Crippen molar-refractivity contribution in [3.63, 3.8) is 0 Å². The van der Waals surface area contributed by atoms with Gasteiger partial charge in [0.1, 0.15) is 0 Å². The van der Waals surface area contributed by atoms with Crippen LogP contribution < -0.4 is 26.2 Å². The number of nitrogens with zero attached hydrogens (tertiary/aromatic N) is 4. The topological polar surface area (TPSA) is 15.8 Å². The van der Waals surface area contributed by atoms with Crippen molar-refractivity contribution in [1.82, 2.24) is 8.97 Å². The van der Waals surface area contributed by atoms with Crippen LogP contribution in [0.5, 0.6) is 0 Å². The van der Waals surface area contributed by atoms with Gasteiger partial charge in [-0.25, -0.2) is 0 Å². The van der Waals surface area contributed by atoms with E-state index in [0.29, 0.717) is 5.56 Å². The lowest BCUT2D eigenvalue weighted by Crippen LogP contribution is -2.61. The molecule has 2 aliphatic heterocycles. The summed E-state index contributed by atoms with van der Waals surface area (Å²) in [7, 11) is 0. The standard InChI is InChI=1S/C123H89BN4/c1-122(2,3)90-59-51-77(52-60-90)87-69-101(79-31-12-7-13-32-79)120(102(70-87)80-33-14-8-15-34-80)127-113-73-85(83-57-65-111-105(67-83)96-44-27-28-49-109(96)125(111)92-39-20-11-21-40-92)55-63-107(113)124-108-64-56-86(117-97-45-24-22-41-93(97)94-42-23-25-46-98(94)117)74-114(108)128(121-103(81-35-16-9-17-36-81)71-88(72-104(121)82-37-18-10-19-38-82)78-53-61-91(62-54-78)123(4,5)6)116-76-89(75-115(127)118(116)124)84-58-66-112-106(68-84)100-48-30-47-99-95-43-26-29-50-110(95)126(112)119(99)100/h7-76,117H,1-6H3/i22D,23D,24D,25D,41D,42D,45D,46D. The monoisotopic (exact) mass is 1640 g/mol. The Balaban J connectivity index is 0.860. The van der Waals surface area contributed by atoms with Gasteiger partial charge in [-0.15, -0.1) is 0 Å². The van der Waals surface area contributed by atoms with Gasteiger partial charge >= 0.3 is 0 Å². The predicted molar refractivity (Wildman–Crippen MR) is 543 cm³/mol. The highest BCUT2D eigenvalue weighted by atomic mass is 15.2. The molecule has 19 aromatic carbocycles. The van der Waals surface area contributed by atoms with Crippen LogP contribution in [0.4, 0.5) is 34.1 Å². The molecule has 0 saturated heterocycles. The van der Waals surface area contributed by atoms with Crippen LogP contribution in [0.15, 0.2) is 424 Å². The molecule has 5 heterocycles. The van der Waals surface area contributed by atoms with E-state index in [2.05, 4.69) is 436 Å². The Labute approximate surface area is 758 Å². The van der Waals surface area contributed by atoms with E-state index in [1.807, 2.05) is 0 Å². The number of hydrogen-bond donors (Lipinski definition) is 0. The van der Waals surface area contributed by atoms with Crippen molar-refractivity contribution in [1.29, 1.82) is 0 Å². The van der Waals surface area contributed by atoms with Crippen LogP contribution in [0.3, 0.4) is 0 Å². The summed E-state index contributed by atoms with van der Waals surface area (Å²) in [5.41, 5.74) is 34.2. The van der Waals surface area contributed by atoms with Gasteiger partial charge in [0.15, 0.2) is 0 Å². The van der Waals surface area contributed by atoms with Gasteiger partial charge in [0.25, 0.3) is 6.71 Å². The maximum Gasteiger partial charge on any atom is 0.252 e. The number of benzene rings is 19. The zero-order valence-corrected chi connectivity index (χ0v) is 71.7. The second kappa shape index (κ2) is 29.0. The lowest BCUT2D eigenvalue weighted by Gasteiger charge is -2.46. The van der Waals surface area contributed by atoms with Crippen molar-refractivity contribution < 1.29 is 11.0 Å². The summed E-state index contributed by atoms with van der Waals surface area (Å²) in [6.45, 7) is 13.0. The predicted octanol–water partition coefficient (Wildman–Crippen LogP) is 31.1. The fourth-order valence-corrected chi connectivity index (χ4v) is 21.3. The third-order valence-electron chi connectivity index (χ3n) is 27.4. The summed E-state index contributed by atoms with van der Waals surface area (Å²) in [4.78, 5) is 5.14. The normalized spacial score (nSPS) is 13.9. The molecule has 0 amide bonds. The summed E-state index contributed by atoms with van der Waals surface area (Å²) in [6.07, 6.45) is 0. The van der Waals surface area contributed by atoms with Gasteiger partial charge in [-0.1, -0.05) is 369 Å². The minimum atomic E-state index is -1.13. The van der Waals surface area contributed by atoms with Crippen LogP contribution in [0, 0.1) is 0 Å². The van der Waals surface area contributed by atoms with E-state index in [1.54, 1.807) is 0 Å². The molecule has 22 aromatic rings. The second-order valence-electron chi connectivity index (χ2n) is 36.8. The Kier molecular flexibility index (Phi) is 15.2. The minimum Gasteiger partial charge on any atom is -0.310 e. The van der Waals surface area contributed by atoms with Gasteiger partial charge in [-0.3, -0.25) is 0 Å².